The number of aryl methyl sites for hydroxylation is 1. The second-order valence-corrected chi connectivity index (χ2v) is 6.32. The summed E-state index contributed by atoms with van der Waals surface area (Å²) in [5, 5.41) is 6.08. The van der Waals surface area contributed by atoms with Gasteiger partial charge in [-0.15, -0.1) is 11.3 Å². The van der Waals surface area contributed by atoms with Gasteiger partial charge in [0.15, 0.2) is 0 Å². The van der Waals surface area contributed by atoms with Crippen LogP contribution in [0.25, 0.3) is 0 Å². The number of hydrogen-bond acceptors (Lipinski definition) is 5. The van der Waals surface area contributed by atoms with Crippen LogP contribution in [-0.4, -0.2) is 27.4 Å². The third-order valence-corrected chi connectivity index (χ3v) is 4.09. The Morgan fingerprint density at radius 2 is 2.19 bits per heavy atom. The van der Waals surface area contributed by atoms with Crippen molar-refractivity contribution in [2.24, 2.45) is 0 Å². The molecule has 112 valence electrons. The number of amides is 1. The summed E-state index contributed by atoms with van der Waals surface area (Å²) in [6.45, 7) is 6.39. The van der Waals surface area contributed by atoms with Crippen LogP contribution in [0.15, 0.2) is 11.6 Å². The van der Waals surface area contributed by atoms with Crippen molar-refractivity contribution >= 4 is 28.8 Å². The molecule has 0 aliphatic rings. The minimum absolute atomic E-state index is 0.145. The molecule has 0 aliphatic carbocycles. The third kappa shape index (κ3) is 4.22. The molecule has 0 saturated heterocycles. The molecule has 0 spiro atoms. The van der Waals surface area contributed by atoms with Gasteiger partial charge in [0.1, 0.15) is 11.5 Å². The highest BCUT2D eigenvalue weighted by atomic mass is 35.5. The van der Waals surface area contributed by atoms with E-state index in [1.807, 2.05) is 26.2 Å². The zero-order valence-corrected chi connectivity index (χ0v) is 13.8. The van der Waals surface area contributed by atoms with Crippen LogP contribution in [0.4, 0.5) is 0 Å². The van der Waals surface area contributed by atoms with E-state index in [4.69, 9.17) is 11.6 Å². The van der Waals surface area contributed by atoms with Crippen LogP contribution in [0, 0.1) is 6.92 Å². The predicted octanol–water partition coefficient (Wildman–Crippen LogP) is 2.99. The van der Waals surface area contributed by atoms with Crippen LogP contribution in [0.5, 0.6) is 0 Å². The molecule has 0 atom stereocenters. The molecule has 2 rings (SSSR count). The lowest BCUT2D eigenvalue weighted by Gasteiger charge is -2.08. The smallest absolute Gasteiger partial charge is 0.271 e. The highest BCUT2D eigenvalue weighted by Crippen LogP contribution is 2.16. The molecule has 0 saturated carbocycles. The van der Waals surface area contributed by atoms with Crippen LogP contribution < -0.4 is 5.32 Å². The first kappa shape index (κ1) is 15.9. The summed E-state index contributed by atoms with van der Waals surface area (Å²) in [7, 11) is 0. The molecular formula is C14H17ClN4OS. The highest BCUT2D eigenvalue weighted by molar-refractivity contribution is 7.09. The van der Waals surface area contributed by atoms with Crippen LogP contribution >= 0.6 is 22.9 Å². The van der Waals surface area contributed by atoms with Gasteiger partial charge in [0.05, 0.1) is 16.2 Å². The zero-order chi connectivity index (χ0) is 15.4. The maximum absolute atomic E-state index is 12.1. The minimum atomic E-state index is -0.280. The second-order valence-electron chi connectivity index (χ2n) is 4.97. The number of nitrogens with one attached hydrogen (secondary N) is 1. The van der Waals surface area contributed by atoms with Gasteiger partial charge in [0.25, 0.3) is 5.91 Å². The van der Waals surface area contributed by atoms with Gasteiger partial charge >= 0.3 is 0 Å². The molecule has 0 fully saturated rings. The van der Waals surface area contributed by atoms with Crippen molar-refractivity contribution in [3.05, 3.63) is 38.8 Å². The topological polar surface area (TPSA) is 67.8 Å². The average molecular weight is 325 g/mol. The SMILES string of the molecule is Cc1csc(CCNC(=O)c2nc(C(C)C)ncc2Cl)n1. The fraction of sp³-hybridized carbons (Fsp3) is 0.429. The van der Waals surface area contributed by atoms with Crippen molar-refractivity contribution in [2.45, 2.75) is 33.1 Å². The van der Waals surface area contributed by atoms with Gasteiger partial charge in [-0.25, -0.2) is 15.0 Å². The van der Waals surface area contributed by atoms with Crippen molar-refractivity contribution in [3.63, 3.8) is 0 Å². The first-order valence-corrected chi connectivity index (χ1v) is 7.94. The number of nitrogens with zero attached hydrogens (tertiary/aromatic N) is 3. The molecular weight excluding hydrogens is 308 g/mol. The summed E-state index contributed by atoms with van der Waals surface area (Å²) in [5.74, 6) is 0.477. The standard InChI is InChI=1S/C14H17ClN4OS/c1-8(2)13-17-6-10(15)12(19-13)14(20)16-5-4-11-18-9(3)7-21-11/h6-8H,4-5H2,1-3H3,(H,16,20). The fourth-order valence-electron chi connectivity index (χ4n) is 1.70. The zero-order valence-electron chi connectivity index (χ0n) is 12.2. The molecule has 0 aliphatic heterocycles. The van der Waals surface area contributed by atoms with E-state index in [0.717, 1.165) is 10.7 Å². The van der Waals surface area contributed by atoms with Gasteiger partial charge in [-0.05, 0) is 6.92 Å². The van der Waals surface area contributed by atoms with Gasteiger partial charge in [-0.1, -0.05) is 25.4 Å². The molecule has 2 heterocycles. The van der Waals surface area contributed by atoms with Crippen molar-refractivity contribution in [2.75, 3.05) is 6.54 Å². The molecule has 5 nitrogen and oxygen atoms in total. The summed E-state index contributed by atoms with van der Waals surface area (Å²) in [6.07, 6.45) is 2.17. The van der Waals surface area contributed by atoms with E-state index in [1.165, 1.54) is 6.20 Å². The predicted molar refractivity (Wildman–Crippen MR) is 84.0 cm³/mol. The number of aromatic nitrogens is 3. The molecule has 0 radical (unpaired) electrons. The Labute approximate surface area is 132 Å². The lowest BCUT2D eigenvalue weighted by atomic mass is 10.2. The summed E-state index contributed by atoms with van der Waals surface area (Å²) < 4.78 is 0. The number of halogens is 1. The number of thiazole rings is 1. The van der Waals surface area contributed by atoms with E-state index < -0.39 is 0 Å². The van der Waals surface area contributed by atoms with E-state index in [9.17, 15) is 4.79 Å². The largest absolute Gasteiger partial charge is 0.350 e. The molecule has 7 heteroatoms. The van der Waals surface area contributed by atoms with Gasteiger partial charge in [0.2, 0.25) is 0 Å². The maximum atomic E-state index is 12.1. The van der Waals surface area contributed by atoms with Gasteiger partial charge in [-0.3, -0.25) is 4.79 Å². The second kappa shape index (κ2) is 6.95. The van der Waals surface area contributed by atoms with E-state index in [-0.39, 0.29) is 22.5 Å². The summed E-state index contributed by atoms with van der Waals surface area (Å²) in [5.41, 5.74) is 1.23. The number of carbonyl (C=O) groups excluding carboxylic acids is 1. The quantitative estimate of drug-likeness (QED) is 0.918. The van der Waals surface area contributed by atoms with E-state index >= 15 is 0 Å². The number of carbonyl (C=O) groups is 1. The third-order valence-electron chi connectivity index (χ3n) is 2.79. The summed E-state index contributed by atoms with van der Waals surface area (Å²) in [4.78, 5) is 24.8. The molecule has 21 heavy (non-hydrogen) atoms. The maximum Gasteiger partial charge on any atom is 0.271 e. The van der Waals surface area contributed by atoms with Crippen LogP contribution in [0.1, 0.15) is 46.8 Å². The average Bonchev–Trinajstić information content (AvgIpc) is 2.84. The minimum Gasteiger partial charge on any atom is -0.350 e. The monoisotopic (exact) mass is 324 g/mol. The Hall–Kier alpha value is -1.53. The Morgan fingerprint density at radius 3 is 2.81 bits per heavy atom. The Bertz CT molecular complexity index is 642. The van der Waals surface area contributed by atoms with Gasteiger partial charge in [-0.2, -0.15) is 0 Å². The first-order chi connectivity index (χ1) is 9.97. The lowest BCUT2D eigenvalue weighted by Crippen LogP contribution is -2.27. The Kier molecular flexibility index (Phi) is 5.25. The normalized spacial score (nSPS) is 10.9. The number of hydrogen-bond donors (Lipinski definition) is 1. The van der Waals surface area contributed by atoms with Crippen LogP contribution in [-0.2, 0) is 6.42 Å². The van der Waals surface area contributed by atoms with Crippen LogP contribution in [0.3, 0.4) is 0 Å². The van der Waals surface area contributed by atoms with Crippen molar-refractivity contribution < 1.29 is 4.79 Å². The number of rotatable bonds is 5. The molecule has 0 aromatic carbocycles. The lowest BCUT2D eigenvalue weighted by molar-refractivity contribution is 0.0949. The van der Waals surface area contributed by atoms with E-state index in [0.29, 0.717) is 18.8 Å². The summed E-state index contributed by atoms with van der Waals surface area (Å²) >= 11 is 7.59. The fourth-order valence-corrected chi connectivity index (χ4v) is 2.66. The van der Waals surface area contributed by atoms with Gasteiger partial charge in [0, 0.05) is 30.0 Å². The molecule has 0 unspecified atom stereocenters. The molecule has 0 bridgehead atoms. The summed E-state index contributed by atoms with van der Waals surface area (Å²) in [6, 6.07) is 0. The van der Waals surface area contributed by atoms with Crippen molar-refractivity contribution in [1.29, 1.82) is 0 Å². The van der Waals surface area contributed by atoms with Crippen molar-refractivity contribution in [3.8, 4) is 0 Å². The molecule has 1 N–H and O–H groups in total. The van der Waals surface area contributed by atoms with E-state index in [1.54, 1.807) is 11.3 Å². The Morgan fingerprint density at radius 1 is 1.43 bits per heavy atom. The highest BCUT2D eigenvalue weighted by Gasteiger charge is 2.15. The first-order valence-electron chi connectivity index (χ1n) is 6.69. The van der Waals surface area contributed by atoms with Gasteiger partial charge < -0.3 is 5.32 Å². The van der Waals surface area contributed by atoms with E-state index in [2.05, 4.69) is 20.3 Å². The molecule has 2 aromatic rings. The van der Waals surface area contributed by atoms with Crippen molar-refractivity contribution in [1.82, 2.24) is 20.3 Å². The molecule has 2 aromatic heterocycles. The Balaban J connectivity index is 1.98. The molecule has 1 amide bonds. The van der Waals surface area contributed by atoms with Crippen LogP contribution in [0.2, 0.25) is 5.02 Å².